The van der Waals surface area contributed by atoms with Crippen LogP contribution in [0.2, 0.25) is 0 Å². The maximum Gasteiger partial charge on any atom is 0.320 e. The van der Waals surface area contributed by atoms with Crippen LogP contribution in [-0.4, -0.2) is 45.4 Å². The number of carbonyl (C=O) groups is 2. The van der Waals surface area contributed by atoms with Crippen LogP contribution in [0.25, 0.3) is 0 Å². The number of nitrogens with one attached hydrogen (secondary N) is 1. The summed E-state index contributed by atoms with van der Waals surface area (Å²) in [5.74, 6) is -3.90. The molecule has 1 aromatic heterocycles. The van der Waals surface area contributed by atoms with Crippen LogP contribution < -0.4 is 4.87 Å². The van der Waals surface area contributed by atoms with Gasteiger partial charge in [0.1, 0.15) is 11.0 Å². The number of thioether (sulfide) groups is 1. The molecule has 12 heteroatoms. The SMILES string of the molecule is CCOC(=O)[C@H]1[C@H](c2cc([N+](=O)[O-])ccc2O)c2sc(=O)[nH]c2S[C@@H]1C(=O)OCC. The van der Waals surface area contributed by atoms with E-state index in [1.807, 2.05) is 0 Å². The zero-order valence-electron chi connectivity index (χ0n) is 15.9. The van der Waals surface area contributed by atoms with E-state index in [2.05, 4.69) is 4.98 Å². The first-order chi connectivity index (χ1) is 14.3. The molecular weight excluding hydrogens is 436 g/mol. The molecule has 0 amide bonds. The lowest BCUT2D eigenvalue weighted by Gasteiger charge is -2.34. The maximum absolute atomic E-state index is 12.9. The van der Waals surface area contributed by atoms with Gasteiger partial charge in [0.2, 0.25) is 0 Å². The topological polar surface area (TPSA) is 149 Å². The Bertz CT molecular complexity index is 1050. The zero-order chi connectivity index (χ0) is 22.0. The number of nitrogens with zero attached hydrogens (tertiary/aromatic N) is 1. The van der Waals surface area contributed by atoms with Crippen LogP contribution in [0.4, 0.5) is 5.69 Å². The molecule has 2 aromatic rings. The number of aromatic nitrogens is 1. The smallest absolute Gasteiger partial charge is 0.320 e. The van der Waals surface area contributed by atoms with Gasteiger partial charge in [-0.25, -0.2) is 0 Å². The minimum Gasteiger partial charge on any atom is -0.508 e. The standard InChI is InChI=1S/C18H18N2O8S2/c1-3-27-16(22)12-11(9-7-8(20(25)26)5-6-10(9)21)13-15(19-18(24)30-13)29-14(12)17(23)28-4-2/h5-7,11-12,14,21H,3-4H2,1-2H3,(H,19,24)/t11-,12-,14-/m0/s1. The Balaban J connectivity index is 2.25. The second-order valence-electron chi connectivity index (χ2n) is 6.25. The van der Waals surface area contributed by atoms with Gasteiger partial charge in [-0.3, -0.25) is 24.5 Å². The summed E-state index contributed by atoms with van der Waals surface area (Å²) < 4.78 is 10.3. The number of fused-ring (bicyclic) bond motifs is 1. The summed E-state index contributed by atoms with van der Waals surface area (Å²) >= 11 is 1.78. The first kappa shape index (κ1) is 21.8. The van der Waals surface area contributed by atoms with Gasteiger partial charge in [0.05, 0.1) is 29.1 Å². The van der Waals surface area contributed by atoms with Gasteiger partial charge in [-0.15, -0.1) is 0 Å². The largest absolute Gasteiger partial charge is 0.508 e. The van der Waals surface area contributed by atoms with Crippen LogP contribution in [0.5, 0.6) is 5.75 Å². The van der Waals surface area contributed by atoms with Gasteiger partial charge in [0.15, 0.2) is 0 Å². The molecule has 0 fully saturated rings. The number of nitro groups is 1. The van der Waals surface area contributed by atoms with E-state index in [4.69, 9.17) is 9.47 Å². The lowest BCUT2D eigenvalue weighted by Crippen LogP contribution is -2.41. The number of benzene rings is 1. The minimum absolute atomic E-state index is 0.0411. The molecule has 3 rings (SSSR count). The average Bonchev–Trinajstić information content (AvgIpc) is 3.07. The second kappa shape index (κ2) is 8.88. The number of phenolic OH excluding ortho intramolecular Hbond substituents is 1. The number of H-pyrrole nitrogens is 1. The van der Waals surface area contributed by atoms with Crippen molar-refractivity contribution in [3.63, 3.8) is 0 Å². The van der Waals surface area contributed by atoms with E-state index in [-0.39, 0.29) is 30.2 Å². The molecule has 160 valence electrons. The maximum atomic E-state index is 12.9. The van der Waals surface area contributed by atoms with Gasteiger partial charge in [0.25, 0.3) is 5.69 Å². The number of thiazole rings is 1. The molecule has 3 atom stereocenters. The Morgan fingerprint density at radius 1 is 1.23 bits per heavy atom. The Kier molecular flexibility index (Phi) is 6.46. The molecule has 1 aliphatic heterocycles. The molecule has 2 N–H and O–H groups in total. The van der Waals surface area contributed by atoms with Gasteiger partial charge < -0.3 is 19.6 Å². The Morgan fingerprint density at radius 2 is 1.90 bits per heavy atom. The van der Waals surface area contributed by atoms with Crippen LogP contribution >= 0.6 is 23.1 Å². The van der Waals surface area contributed by atoms with Crippen molar-refractivity contribution >= 4 is 40.7 Å². The number of esters is 2. The van der Waals surface area contributed by atoms with E-state index in [0.717, 1.165) is 41.3 Å². The van der Waals surface area contributed by atoms with Crippen molar-refractivity contribution in [3.8, 4) is 5.75 Å². The molecule has 1 aromatic carbocycles. The monoisotopic (exact) mass is 454 g/mol. The average molecular weight is 454 g/mol. The number of carbonyl (C=O) groups excluding carboxylic acids is 2. The summed E-state index contributed by atoms with van der Waals surface area (Å²) in [6.45, 7) is 3.34. The predicted octanol–water partition coefficient (Wildman–Crippen LogP) is 2.40. The fraction of sp³-hybridized carbons (Fsp3) is 0.389. The van der Waals surface area contributed by atoms with E-state index < -0.39 is 38.8 Å². The highest BCUT2D eigenvalue weighted by Gasteiger charge is 2.50. The quantitative estimate of drug-likeness (QED) is 0.381. The summed E-state index contributed by atoms with van der Waals surface area (Å²) in [5, 5.41) is 21.0. The molecule has 0 aliphatic carbocycles. The fourth-order valence-electron chi connectivity index (χ4n) is 3.31. The molecule has 2 heterocycles. The van der Waals surface area contributed by atoms with Crippen LogP contribution in [0, 0.1) is 16.0 Å². The van der Waals surface area contributed by atoms with Crippen LogP contribution in [0.3, 0.4) is 0 Å². The van der Waals surface area contributed by atoms with Crippen molar-refractivity contribution in [2.75, 3.05) is 13.2 Å². The summed E-state index contributed by atoms with van der Waals surface area (Å²) in [5.41, 5.74) is -0.255. The lowest BCUT2D eigenvalue weighted by atomic mass is 9.81. The van der Waals surface area contributed by atoms with Crippen LogP contribution in [0.1, 0.15) is 30.2 Å². The van der Waals surface area contributed by atoms with Gasteiger partial charge in [-0.2, -0.15) is 0 Å². The van der Waals surface area contributed by atoms with Gasteiger partial charge in [-0.05, 0) is 19.9 Å². The highest BCUT2D eigenvalue weighted by Crippen LogP contribution is 2.51. The number of nitro benzene ring substituents is 1. The lowest BCUT2D eigenvalue weighted by molar-refractivity contribution is -0.385. The number of rotatable bonds is 6. The Morgan fingerprint density at radius 3 is 2.53 bits per heavy atom. The number of ether oxygens (including phenoxy) is 2. The number of aromatic amines is 1. The molecule has 0 saturated carbocycles. The molecule has 0 radical (unpaired) electrons. The zero-order valence-corrected chi connectivity index (χ0v) is 17.6. The van der Waals surface area contributed by atoms with E-state index in [1.165, 1.54) is 0 Å². The van der Waals surface area contributed by atoms with E-state index in [9.17, 15) is 29.6 Å². The molecule has 30 heavy (non-hydrogen) atoms. The minimum atomic E-state index is -1.17. The predicted molar refractivity (Wildman–Crippen MR) is 108 cm³/mol. The molecule has 10 nitrogen and oxygen atoms in total. The van der Waals surface area contributed by atoms with Crippen molar-refractivity contribution in [3.05, 3.63) is 48.4 Å². The Hall–Kier alpha value is -2.86. The first-order valence-corrected chi connectivity index (χ1v) is 10.7. The van der Waals surface area contributed by atoms with Crippen molar-refractivity contribution in [2.24, 2.45) is 5.92 Å². The number of non-ortho nitro benzene ring substituents is 1. The number of phenols is 1. The third-order valence-electron chi connectivity index (χ3n) is 4.49. The van der Waals surface area contributed by atoms with Crippen LogP contribution in [0.15, 0.2) is 28.0 Å². The van der Waals surface area contributed by atoms with Crippen molar-refractivity contribution < 1.29 is 29.1 Å². The summed E-state index contributed by atoms with van der Waals surface area (Å²) in [4.78, 5) is 50.8. The van der Waals surface area contributed by atoms with Crippen molar-refractivity contribution in [1.29, 1.82) is 0 Å². The van der Waals surface area contributed by atoms with E-state index in [0.29, 0.717) is 9.90 Å². The number of aromatic hydroxyl groups is 1. The van der Waals surface area contributed by atoms with E-state index >= 15 is 0 Å². The summed E-state index contributed by atoms with van der Waals surface area (Å²) in [6.07, 6.45) is 0. The summed E-state index contributed by atoms with van der Waals surface area (Å²) in [7, 11) is 0. The van der Waals surface area contributed by atoms with Crippen molar-refractivity contribution in [1.82, 2.24) is 4.98 Å². The summed E-state index contributed by atoms with van der Waals surface area (Å²) in [6, 6.07) is 3.41. The molecule has 0 spiro atoms. The number of hydrogen-bond acceptors (Lipinski definition) is 10. The highest BCUT2D eigenvalue weighted by atomic mass is 32.2. The Labute approximate surface area is 178 Å². The fourth-order valence-corrected chi connectivity index (χ4v) is 5.77. The molecule has 0 saturated heterocycles. The van der Waals surface area contributed by atoms with Crippen molar-refractivity contribution in [2.45, 2.75) is 30.0 Å². The number of hydrogen-bond donors (Lipinski definition) is 2. The second-order valence-corrected chi connectivity index (χ2v) is 8.42. The molecule has 1 aliphatic rings. The van der Waals surface area contributed by atoms with Crippen LogP contribution in [-0.2, 0) is 19.1 Å². The first-order valence-electron chi connectivity index (χ1n) is 8.98. The molecule has 0 bridgehead atoms. The third-order valence-corrected chi connectivity index (χ3v) is 6.88. The molecule has 0 unspecified atom stereocenters. The van der Waals surface area contributed by atoms with Gasteiger partial charge >= 0.3 is 16.8 Å². The van der Waals surface area contributed by atoms with Gasteiger partial charge in [0, 0.05) is 28.5 Å². The van der Waals surface area contributed by atoms with Gasteiger partial charge in [-0.1, -0.05) is 23.1 Å². The van der Waals surface area contributed by atoms with E-state index in [1.54, 1.807) is 13.8 Å². The highest BCUT2D eigenvalue weighted by molar-refractivity contribution is 8.00. The molecular formula is C18H18N2O8S2. The normalized spacial score (nSPS) is 20.3. The third kappa shape index (κ3) is 4.05.